The second-order valence-corrected chi connectivity index (χ2v) is 5.53. The fourth-order valence-corrected chi connectivity index (χ4v) is 2.24. The quantitative estimate of drug-likeness (QED) is 0.335. The van der Waals surface area contributed by atoms with Crippen LogP contribution in [0.1, 0.15) is 19.8 Å². The zero-order chi connectivity index (χ0) is 18.1. The summed E-state index contributed by atoms with van der Waals surface area (Å²) in [4.78, 5) is 0. The Labute approximate surface area is 144 Å². The Morgan fingerprint density at radius 1 is 1.21 bits per heavy atom. The third-order valence-corrected chi connectivity index (χ3v) is 3.28. The van der Waals surface area contributed by atoms with Gasteiger partial charge in [0.1, 0.15) is 6.61 Å². The van der Waals surface area contributed by atoms with Crippen LogP contribution >= 0.6 is 0 Å². The van der Waals surface area contributed by atoms with Gasteiger partial charge in [0.2, 0.25) is 0 Å². The van der Waals surface area contributed by atoms with Gasteiger partial charge in [-0.05, 0) is 13.3 Å². The molecule has 1 rings (SSSR count). The molecule has 136 valence electrons. The molecule has 0 spiro atoms. The fourth-order valence-electron chi connectivity index (χ4n) is 2.24. The Bertz CT molecular complexity index is 431. The molecular weight excluding hydrogens is 312 g/mol. The van der Waals surface area contributed by atoms with Crippen LogP contribution in [0.4, 0.5) is 0 Å². The van der Waals surface area contributed by atoms with Gasteiger partial charge in [0.25, 0.3) is 0 Å². The maximum atomic E-state index is 10.1. The van der Waals surface area contributed by atoms with E-state index in [9.17, 15) is 5.11 Å². The van der Waals surface area contributed by atoms with Gasteiger partial charge in [-0.15, -0.1) is 13.2 Å². The molecule has 0 aromatic carbocycles. The number of ether oxygens (including phenoxy) is 5. The maximum Gasteiger partial charge on any atom is 0.345 e. The third-order valence-electron chi connectivity index (χ3n) is 3.28. The second-order valence-electron chi connectivity index (χ2n) is 5.53. The number of hydrogen-bond acceptors (Lipinski definition) is 6. The maximum absolute atomic E-state index is 10.1. The topological polar surface area (TPSA) is 66.4 Å². The summed E-state index contributed by atoms with van der Waals surface area (Å²) in [5.41, 5.74) is 0. The van der Waals surface area contributed by atoms with Crippen molar-refractivity contribution < 1.29 is 28.8 Å². The minimum Gasteiger partial charge on any atom is -0.486 e. The largest absolute Gasteiger partial charge is 0.486 e. The van der Waals surface area contributed by atoms with E-state index in [1.54, 1.807) is 25.2 Å². The highest BCUT2D eigenvalue weighted by molar-refractivity contribution is 4.98. The van der Waals surface area contributed by atoms with Crippen LogP contribution in [0.3, 0.4) is 0 Å². The van der Waals surface area contributed by atoms with E-state index in [0.29, 0.717) is 13.0 Å². The van der Waals surface area contributed by atoms with E-state index in [1.807, 2.05) is 0 Å². The zero-order valence-corrected chi connectivity index (χ0v) is 14.4. The third kappa shape index (κ3) is 6.22. The molecule has 1 saturated heterocycles. The zero-order valence-electron chi connectivity index (χ0n) is 14.4. The molecule has 0 saturated carbocycles. The first-order chi connectivity index (χ1) is 11.4. The molecule has 2 atom stereocenters. The molecule has 1 fully saturated rings. The average molecular weight is 340 g/mol. The van der Waals surface area contributed by atoms with E-state index in [4.69, 9.17) is 23.7 Å². The predicted octanol–water partition coefficient (Wildman–Crippen LogP) is 2.67. The van der Waals surface area contributed by atoms with Gasteiger partial charge < -0.3 is 28.8 Å². The van der Waals surface area contributed by atoms with Crippen LogP contribution < -0.4 is 0 Å². The highest BCUT2D eigenvalue weighted by Gasteiger charge is 2.44. The van der Waals surface area contributed by atoms with Gasteiger partial charge in [-0.3, -0.25) is 0 Å². The summed E-state index contributed by atoms with van der Waals surface area (Å²) in [6.45, 7) is 17.2. The van der Waals surface area contributed by atoms with E-state index >= 15 is 0 Å². The van der Waals surface area contributed by atoms with Crippen molar-refractivity contribution in [2.75, 3.05) is 26.4 Å². The SMILES string of the molecule is C=CCOC(=C)C(OCC=C)(OCC=C)OC1CCOC(C)(O)C1. The molecule has 0 aromatic rings. The van der Waals surface area contributed by atoms with Crippen molar-refractivity contribution in [3.8, 4) is 0 Å². The average Bonchev–Trinajstić information content (AvgIpc) is 2.54. The molecule has 0 aliphatic carbocycles. The first-order valence-electron chi connectivity index (χ1n) is 7.86. The van der Waals surface area contributed by atoms with Gasteiger partial charge in [-0.2, -0.15) is 0 Å². The van der Waals surface area contributed by atoms with Crippen LogP contribution in [0, 0.1) is 0 Å². The summed E-state index contributed by atoms with van der Waals surface area (Å²) in [6, 6.07) is 0. The number of aliphatic hydroxyl groups is 1. The van der Waals surface area contributed by atoms with Crippen molar-refractivity contribution in [3.63, 3.8) is 0 Å². The van der Waals surface area contributed by atoms with E-state index in [2.05, 4.69) is 26.3 Å². The summed E-state index contributed by atoms with van der Waals surface area (Å²) < 4.78 is 28.3. The summed E-state index contributed by atoms with van der Waals surface area (Å²) >= 11 is 0. The molecule has 0 amide bonds. The van der Waals surface area contributed by atoms with Crippen LogP contribution in [-0.2, 0) is 23.7 Å². The van der Waals surface area contributed by atoms with Gasteiger partial charge in [-0.25, -0.2) is 0 Å². The Morgan fingerprint density at radius 3 is 2.29 bits per heavy atom. The monoisotopic (exact) mass is 340 g/mol. The summed E-state index contributed by atoms with van der Waals surface area (Å²) in [6.07, 6.45) is 5.18. The molecule has 1 aliphatic rings. The van der Waals surface area contributed by atoms with E-state index in [1.165, 1.54) is 0 Å². The smallest absolute Gasteiger partial charge is 0.345 e. The fraction of sp³-hybridized carbons (Fsp3) is 0.556. The number of rotatable bonds is 12. The summed E-state index contributed by atoms with van der Waals surface area (Å²) in [5, 5.41) is 10.1. The standard InChI is InChI=1S/C18H28O6/c1-6-10-20-15(4)18(22-11-7-2,23-12-8-3)24-16-9-13-21-17(5,19)14-16/h6-8,16,19H,1-4,9-14H2,5H3. The molecular formula is C18H28O6. The Balaban J connectivity index is 2.97. The molecule has 1 heterocycles. The molecule has 1 aliphatic heterocycles. The van der Waals surface area contributed by atoms with E-state index in [0.717, 1.165) is 0 Å². The Kier molecular flexibility index (Phi) is 8.38. The van der Waals surface area contributed by atoms with Gasteiger partial charge in [0.15, 0.2) is 11.5 Å². The predicted molar refractivity (Wildman–Crippen MR) is 91.0 cm³/mol. The lowest BCUT2D eigenvalue weighted by Gasteiger charge is -2.40. The molecule has 2 unspecified atom stereocenters. The van der Waals surface area contributed by atoms with Crippen molar-refractivity contribution in [3.05, 3.63) is 50.3 Å². The van der Waals surface area contributed by atoms with E-state index < -0.39 is 11.8 Å². The van der Waals surface area contributed by atoms with Gasteiger partial charge in [-0.1, -0.05) is 31.4 Å². The van der Waals surface area contributed by atoms with Crippen LogP contribution in [0.25, 0.3) is 0 Å². The van der Waals surface area contributed by atoms with Crippen molar-refractivity contribution in [1.29, 1.82) is 0 Å². The summed E-state index contributed by atoms with van der Waals surface area (Å²) in [7, 11) is 0. The van der Waals surface area contributed by atoms with Crippen molar-refractivity contribution >= 4 is 0 Å². The lowest BCUT2D eigenvalue weighted by molar-refractivity contribution is -0.389. The van der Waals surface area contributed by atoms with Crippen molar-refractivity contribution in [1.82, 2.24) is 0 Å². The minimum atomic E-state index is -1.64. The molecule has 1 N–H and O–H groups in total. The summed E-state index contributed by atoms with van der Waals surface area (Å²) in [5.74, 6) is -2.75. The van der Waals surface area contributed by atoms with Crippen LogP contribution in [0.15, 0.2) is 50.3 Å². The highest BCUT2D eigenvalue weighted by Crippen LogP contribution is 2.33. The molecule has 6 heteroatoms. The van der Waals surface area contributed by atoms with E-state index in [-0.39, 0.29) is 38.1 Å². The normalized spacial score (nSPS) is 24.2. The number of hydrogen-bond donors (Lipinski definition) is 1. The Hall–Kier alpha value is -1.44. The molecule has 0 radical (unpaired) electrons. The van der Waals surface area contributed by atoms with Crippen LogP contribution in [-0.4, -0.2) is 49.4 Å². The minimum absolute atomic E-state index is 0.150. The van der Waals surface area contributed by atoms with Crippen molar-refractivity contribution in [2.45, 2.75) is 37.6 Å². The lowest BCUT2D eigenvalue weighted by Crippen LogP contribution is -2.49. The first-order valence-corrected chi connectivity index (χ1v) is 7.86. The van der Waals surface area contributed by atoms with Gasteiger partial charge >= 0.3 is 5.97 Å². The van der Waals surface area contributed by atoms with Gasteiger partial charge in [0, 0.05) is 6.42 Å². The molecule has 0 bridgehead atoms. The van der Waals surface area contributed by atoms with Crippen LogP contribution in [0.5, 0.6) is 0 Å². The molecule has 6 nitrogen and oxygen atoms in total. The first kappa shape index (κ1) is 20.6. The highest BCUT2D eigenvalue weighted by atomic mass is 16.9. The van der Waals surface area contributed by atoms with Gasteiger partial charge in [0.05, 0.1) is 25.9 Å². The lowest BCUT2D eigenvalue weighted by atomic mass is 10.0. The second kappa shape index (κ2) is 9.76. The Morgan fingerprint density at radius 2 is 1.79 bits per heavy atom. The molecule has 0 aromatic heterocycles. The molecule has 24 heavy (non-hydrogen) atoms. The van der Waals surface area contributed by atoms with Crippen molar-refractivity contribution in [2.24, 2.45) is 0 Å². The van der Waals surface area contributed by atoms with Crippen LogP contribution in [0.2, 0.25) is 0 Å².